The quantitative estimate of drug-likeness (QED) is 0.748. The number of hydrogen-bond acceptors (Lipinski definition) is 4. The third-order valence-electron chi connectivity index (χ3n) is 4.00. The van der Waals surface area contributed by atoms with Gasteiger partial charge in [0.25, 0.3) is 11.5 Å². The Bertz CT molecular complexity index is 827. The maximum Gasteiger partial charge on any atom is 0.308 e. The second kappa shape index (κ2) is 8.94. The van der Waals surface area contributed by atoms with Crippen molar-refractivity contribution in [3.8, 4) is 0 Å². The van der Waals surface area contributed by atoms with Gasteiger partial charge in [0.05, 0.1) is 5.92 Å². The molecule has 0 spiro atoms. The molecule has 0 radical (unpaired) electrons. The van der Waals surface area contributed by atoms with Crippen LogP contribution in [0.1, 0.15) is 35.0 Å². The molecule has 2 N–H and O–H groups in total. The van der Waals surface area contributed by atoms with Crippen molar-refractivity contribution >= 4 is 11.9 Å². The lowest BCUT2D eigenvalue weighted by molar-refractivity contribution is -0.141. The van der Waals surface area contributed by atoms with Gasteiger partial charge in [0.2, 0.25) is 0 Å². The summed E-state index contributed by atoms with van der Waals surface area (Å²) in [5.74, 6) is -2.22. The van der Waals surface area contributed by atoms with E-state index in [0.29, 0.717) is 13.0 Å². The third kappa shape index (κ3) is 5.27. The first-order chi connectivity index (χ1) is 12.4. The molecule has 26 heavy (non-hydrogen) atoms. The Morgan fingerprint density at radius 3 is 2.50 bits per heavy atom. The van der Waals surface area contributed by atoms with Gasteiger partial charge in [-0.3, -0.25) is 14.4 Å². The second-order valence-corrected chi connectivity index (χ2v) is 6.21. The first-order valence-corrected chi connectivity index (χ1v) is 8.55. The molecule has 7 nitrogen and oxygen atoms in total. The number of aromatic nitrogens is 2. The number of carboxylic acids is 1. The van der Waals surface area contributed by atoms with Crippen LogP contribution in [0.25, 0.3) is 0 Å². The van der Waals surface area contributed by atoms with E-state index in [1.807, 2.05) is 38.1 Å². The minimum Gasteiger partial charge on any atom is -0.481 e. The van der Waals surface area contributed by atoms with Crippen molar-refractivity contribution in [2.45, 2.75) is 33.2 Å². The zero-order chi connectivity index (χ0) is 19.1. The highest BCUT2D eigenvalue weighted by molar-refractivity contribution is 5.92. The molecule has 1 aromatic heterocycles. The number of rotatable bonds is 8. The monoisotopic (exact) mass is 357 g/mol. The number of nitrogens with zero attached hydrogens (tertiary/aromatic N) is 2. The zero-order valence-corrected chi connectivity index (χ0v) is 14.9. The molecule has 1 aromatic carbocycles. The molecular weight excluding hydrogens is 334 g/mol. The van der Waals surface area contributed by atoms with Crippen LogP contribution in [0.3, 0.4) is 0 Å². The number of carbonyl (C=O) groups is 2. The van der Waals surface area contributed by atoms with E-state index in [1.54, 1.807) is 0 Å². The highest BCUT2D eigenvalue weighted by atomic mass is 16.4. The normalized spacial score (nSPS) is 11.8. The van der Waals surface area contributed by atoms with Crippen LogP contribution in [0.5, 0.6) is 0 Å². The molecule has 0 aliphatic heterocycles. The maximum absolute atomic E-state index is 12.3. The number of nitrogens with one attached hydrogen (secondary N) is 1. The lowest BCUT2D eigenvalue weighted by Gasteiger charge is -2.14. The first-order valence-electron chi connectivity index (χ1n) is 8.55. The molecule has 1 amide bonds. The second-order valence-electron chi connectivity index (χ2n) is 6.21. The van der Waals surface area contributed by atoms with Gasteiger partial charge in [0, 0.05) is 19.2 Å². The number of amides is 1. The van der Waals surface area contributed by atoms with E-state index in [-0.39, 0.29) is 17.8 Å². The largest absolute Gasteiger partial charge is 0.481 e. The number of carboxylic acid groups (broad SMARTS) is 1. The maximum atomic E-state index is 12.3. The summed E-state index contributed by atoms with van der Waals surface area (Å²) in [6.45, 7) is 4.27. The van der Waals surface area contributed by atoms with Crippen molar-refractivity contribution in [3.05, 3.63) is 63.6 Å². The summed E-state index contributed by atoms with van der Waals surface area (Å²) in [5, 5.41) is 16.0. The van der Waals surface area contributed by atoms with Crippen LogP contribution in [0.2, 0.25) is 0 Å². The summed E-state index contributed by atoms with van der Waals surface area (Å²) >= 11 is 0. The van der Waals surface area contributed by atoms with Crippen molar-refractivity contribution in [2.75, 3.05) is 6.54 Å². The van der Waals surface area contributed by atoms with Crippen LogP contribution in [0, 0.1) is 12.8 Å². The summed E-state index contributed by atoms with van der Waals surface area (Å²) in [4.78, 5) is 35.4. The molecule has 0 saturated carbocycles. The SMILES string of the molecule is CCCn1nc(C(=O)NCC(Cc2ccc(C)cc2)C(=O)O)ccc1=O. The van der Waals surface area contributed by atoms with E-state index in [9.17, 15) is 19.5 Å². The number of benzene rings is 1. The van der Waals surface area contributed by atoms with Crippen LogP contribution >= 0.6 is 0 Å². The Morgan fingerprint density at radius 2 is 1.88 bits per heavy atom. The fourth-order valence-corrected chi connectivity index (χ4v) is 2.50. The van der Waals surface area contributed by atoms with Crippen LogP contribution < -0.4 is 10.9 Å². The van der Waals surface area contributed by atoms with E-state index in [1.165, 1.54) is 16.8 Å². The van der Waals surface area contributed by atoms with Gasteiger partial charge in [0.1, 0.15) is 5.69 Å². The average molecular weight is 357 g/mol. The summed E-state index contributed by atoms with van der Waals surface area (Å²) in [6, 6.07) is 10.3. The minimum absolute atomic E-state index is 0.0172. The standard InChI is InChI=1S/C19H23N3O4/c1-3-10-22-17(23)9-8-16(21-22)18(24)20-12-15(19(25)26)11-14-6-4-13(2)5-7-14/h4-9,15H,3,10-12H2,1-2H3,(H,20,24)(H,25,26). The molecule has 1 heterocycles. The molecule has 2 rings (SSSR count). The molecule has 2 aromatic rings. The third-order valence-corrected chi connectivity index (χ3v) is 4.00. The van der Waals surface area contributed by atoms with Crippen molar-refractivity contribution < 1.29 is 14.7 Å². The highest BCUT2D eigenvalue weighted by Crippen LogP contribution is 2.10. The molecule has 1 unspecified atom stereocenters. The summed E-state index contributed by atoms with van der Waals surface area (Å²) in [6.07, 6.45) is 1.04. The molecule has 138 valence electrons. The lowest BCUT2D eigenvalue weighted by Crippen LogP contribution is -2.35. The van der Waals surface area contributed by atoms with Gasteiger partial charge in [-0.15, -0.1) is 0 Å². The Kier molecular flexibility index (Phi) is 6.66. The predicted molar refractivity (Wildman–Crippen MR) is 97.1 cm³/mol. The molecule has 1 atom stereocenters. The van der Waals surface area contributed by atoms with Crippen LogP contribution in [-0.2, 0) is 17.8 Å². The van der Waals surface area contributed by atoms with Gasteiger partial charge in [-0.25, -0.2) is 4.68 Å². The summed E-state index contributed by atoms with van der Waals surface area (Å²) < 4.78 is 1.23. The van der Waals surface area contributed by atoms with E-state index >= 15 is 0 Å². The Morgan fingerprint density at radius 1 is 1.19 bits per heavy atom. The highest BCUT2D eigenvalue weighted by Gasteiger charge is 2.20. The van der Waals surface area contributed by atoms with E-state index < -0.39 is 17.8 Å². The Labute approximate surface area is 151 Å². The Balaban J connectivity index is 2.03. The van der Waals surface area contributed by atoms with E-state index in [4.69, 9.17) is 0 Å². The summed E-state index contributed by atoms with van der Waals surface area (Å²) in [7, 11) is 0. The Hall–Kier alpha value is -2.96. The van der Waals surface area contributed by atoms with Gasteiger partial charge < -0.3 is 10.4 Å². The van der Waals surface area contributed by atoms with Crippen LogP contribution in [0.4, 0.5) is 0 Å². The average Bonchev–Trinajstić information content (AvgIpc) is 2.61. The zero-order valence-electron chi connectivity index (χ0n) is 14.9. The number of aliphatic carboxylic acids is 1. The van der Waals surface area contributed by atoms with Gasteiger partial charge >= 0.3 is 5.97 Å². The number of carbonyl (C=O) groups excluding carboxylic acids is 1. The van der Waals surface area contributed by atoms with Crippen molar-refractivity contribution in [2.24, 2.45) is 5.92 Å². The topological polar surface area (TPSA) is 101 Å². The van der Waals surface area contributed by atoms with Gasteiger partial charge in [0.15, 0.2) is 0 Å². The molecule has 7 heteroatoms. The number of aryl methyl sites for hydroxylation is 2. The smallest absolute Gasteiger partial charge is 0.308 e. The van der Waals surface area contributed by atoms with Crippen LogP contribution in [0.15, 0.2) is 41.2 Å². The molecule has 0 saturated heterocycles. The van der Waals surface area contributed by atoms with Crippen molar-refractivity contribution in [1.29, 1.82) is 0 Å². The van der Waals surface area contributed by atoms with Crippen LogP contribution in [-0.4, -0.2) is 33.3 Å². The fraction of sp³-hybridized carbons (Fsp3) is 0.368. The van der Waals surface area contributed by atoms with Gasteiger partial charge in [-0.2, -0.15) is 5.10 Å². The molecule has 0 aliphatic carbocycles. The van der Waals surface area contributed by atoms with Gasteiger partial charge in [-0.1, -0.05) is 36.8 Å². The van der Waals surface area contributed by atoms with E-state index in [2.05, 4.69) is 10.4 Å². The minimum atomic E-state index is -0.977. The number of hydrogen-bond donors (Lipinski definition) is 2. The van der Waals surface area contributed by atoms with Crippen molar-refractivity contribution in [1.82, 2.24) is 15.1 Å². The fourth-order valence-electron chi connectivity index (χ4n) is 2.50. The molecule has 0 aliphatic rings. The molecule has 0 fully saturated rings. The summed E-state index contributed by atoms with van der Waals surface area (Å²) in [5.41, 5.74) is 1.82. The molecule has 0 bridgehead atoms. The van der Waals surface area contributed by atoms with E-state index in [0.717, 1.165) is 17.5 Å². The first kappa shape index (κ1) is 19.4. The van der Waals surface area contributed by atoms with Gasteiger partial charge in [-0.05, 0) is 31.4 Å². The lowest BCUT2D eigenvalue weighted by atomic mass is 9.98. The van der Waals surface area contributed by atoms with Crippen molar-refractivity contribution in [3.63, 3.8) is 0 Å². The predicted octanol–water partition coefficient (Wildman–Crippen LogP) is 1.64. The molecular formula is C19H23N3O4.